The Morgan fingerprint density at radius 1 is 1.50 bits per heavy atom. The smallest absolute Gasteiger partial charge is 0.264 e. The highest BCUT2D eigenvalue weighted by atomic mass is 32.2. The molecule has 1 aromatic rings. The van der Waals surface area contributed by atoms with Crippen LogP contribution in [0.1, 0.15) is 18.4 Å². The molecule has 8 nitrogen and oxygen atoms in total. The summed E-state index contributed by atoms with van der Waals surface area (Å²) in [4.78, 5) is 26.4. The number of nitrogens with one attached hydrogen (secondary N) is 2. The van der Waals surface area contributed by atoms with Crippen molar-refractivity contribution in [1.82, 2.24) is 10.3 Å². The van der Waals surface area contributed by atoms with Crippen molar-refractivity contribution in [1.29, 1.82) is 0 Å². The van der Waals surface area contributed by atoms with Crippen LogP contribution in [0.15, 0.2) is 12.3 Å². The summed E-state index contributed by atoms with van der Waals surface area (Å²) in [6.45, 7) is -0.332. The van der Waals surface area contributed by atoms with Gasteiger partial charge in [-0.2, -0.15) is 8.42 Å². The van der Waals surface area contributed by atoms with E-state index in [-0.39, 0.29) is 36.7 Å². The van der Waals surface area contributed by atoms with Gasteiger partial charge in [-0.1, -0.05) is 0 Å². The van der Waals surface area contributed by atoms with E-state index in [1.54, 1.807) is 0 Å². The summed E-state index contributed by atoms with van der Waals surface area (Å²) in [7, 11) is -3.63. The van der Waals surface area contributed by atoms with Crippen LogP contribution in [0.5, 0.6) is 0 Å². The number of rotatable bonds is 5. The molecule has 1 atom stereocenters. The molecular weight excluding hydrogens is 317 g/mol. The number of carbonyl (C=O) groups excluding carboxylic acids is 2. The Kier molecular flexibility index (Phi) is 4.71. The van der Waals surface area contributed by atoms with Crippen LogP contribution in [-0.4, -0.2) is 37.5 Å². The number of pyridine rings is 1. The number of hydrogen-bond donors (Lipinski definition) is 2. The minimum Gasteiger partial charge on any atom is -0.356 e. The molecule has 0 aromatic carbocycles. The average molecular weight is 331 g/mol. The van der Waals surface area contributed by atoms with E-state index >= 15 is 0 Å². The minimum atomic E-state index is -3.63. The maximum Gasteiger partial charge on any atom is 0.264 e. The van der Waals surface area contributed by atoms with Gasteiger partial charge in [0.2, 0.25) is 11.8 Å². The third-order valence-corrected chi connectivity index (χ3v) is 3.43. The standard InChI is InChI=1S/C12H14FN3O5S/c1-22(19,20)21-6-7-4-8(13)11(14-5-7)15-9-2-3-10(17)16-12(9)18/h4-5,9H,2-3,6H2,1H3,(H,14,15)(H,16,17,18). The first-order chi connectivity index (χ1) is 10.2. The second-order valence-electron chi connectivity index (χ2n) is 4.79. The van der Waals surface area contributed by atoms with E-state index in [1.165, 1.54) is 6.20 Å². The molecule has 1 unspecified atom stereocenters. The molecule has 0 saturated carbocycles. The summed E-state index contributed by atoms with van der Waals surface area (Å²) < 4.78 is 40.2. The highest BCUT2D eigenvalue weighted by Gasteiger charge is 2.27. The van der Waals surface area contributed by atoms with Crippen LogP contribution in [0.2, 0.25) is 0 Å². The summed E-state index contributed by atoms with van der Waals surface area (Å²) in [6.07, 6.45) is 2.52. The monoisotopic (exact) mass is 331 g/mol. The van der Waals surface area contributed by atoms with Crippen LogP contribution in [0.25, 0.3) is 0 Å². The fraction of sp³-hybridized carbons (Fsp3) is 0.417. The van der Waals surface area contributed by atoms with Gasteiger partial charge in [0.05, 0.1) is 12.9 Å². The molecule has 2 rings (SSSR count). The van der Waals surface area contributed by atoms with Crippen molar-refractivity contribution in [2.24, 2.45) is 0 Å². The van der Waals surface area contributed by atoms with Gasteiger partial charge < -0.3 is 5.32 Å². The average Bonchev–Trinajstić information content (AvgIpc) is 2.41. The molecule has 1 aromatic heterocycles. The Labute approximate surface area is 126 Å². The van der Waals surface area contributed by atoms with Gasteiger partial charge in [0.1, 0.15) is 6.04 Å². The number of aromatic nitrogens is 1. The summed E-state index contributed by atoms with van der Waals surface area (Å²) in [5.41, 5.74) is 0.233. The molecule has 22 heavy (non-hydrogen) atoms. The zero-order chi connectivity index (χ0) is 16.3. The number of piperidine rings is 1. The molecular formula is C12H14FN3O5S. The Morgan fingerprint density at radius 2 is 2.23 bits per heavy atom. The Bertz CT molecular complexity index is 707. The van der Waals surface area contributed by atoms with E-state index in [1.807, 2.05) is 0 Å². The van der Waals surface area contributed by atoms with Gasteiger partial charge in [-0.25, -0.2) is 9.37 Å². The largest absolute Gasteiger partial charge is 0.356 e. The lowest BCUT2D eigenvalue weighted by Crippen LogP contribution is -2.47. The van der Waals surface area contributed by atoms with Crippen LogP contribution in [0, 0.1) is 5.82 Å². The van der Waals surface area contributed by atoms with Crippen molar-refractivity contribution in [3.63, 3.8) is 0 Å². The first-order valence-corrected chi connectivity index (χ1v) is 8.15. The molecule has 2 heterocycles. The molecule has 1 fully saturated rings. The normalized spacial score (nSPS) is 18.9. The molecule has 1 aliphatic rings. The topological polar surface area (TPSA) is 114 Å². The molecule has 0 bridgehead atoms. The summed E-state index contributed by atoms with van der Waals surface area (Å²) in [5.74, 6) is -1.82. The van der Waals surface area contributed by atoms with Crippen molar-refractivity contribution in [3.05, 3.63) is 23.6 Å². The van der Waals surface area contributed by atoms with Crippen molar-refractivity contribution in [3.8, 4) is 0 Å². The first-order valence-electron chi connectivity index (χ1n) is 6.33. The van der Waals surface area contributed by atoms with Gasteiger partial charge >= 0.3 is 0 Å². The lowest BCUT2D eigenvalue weighted by molar-refractivity contribution is -0.133. The van der Waals surface area contributed by atoms with Crippen LogP contribution < -0.4 is 10.6 Å². The van der Waals surface area contributed by atoms with Crippen LogP contribution in [-0.2, 0) is 30.5 Å². The fourth-order valence-electron chi connectivity index (χ4n) is 1.83. The van der Waals surface area contributed by atoms with Crippen LogP contribution >= 0.6 is 0 Å². The Hall–Kier alpha value is -2.07. The molecule has 2 N–H and O–H groups in total. The summed E-state index contributed by atoms with van der Waals surface area (Å²) in [6, 6.07) is 0.310. The maximum absolute atomic E-state index is 13.9. The number of hydrogen-bond acceptors (Lipinski definition) is 7. The molecule has 1 aliphatic heterocycles. The molecule has 0 radical (unpaired) electrons. The number of anilines is 1. The van der Waals surface area contributed by atoms with Crippen molar-refractivity contribution >= 4 is 27.8 Å². The van der Waals surface area contributed by atoms with Crippen molar-refractivity contribution < 1.29 is 26.6 Å². The van der Waals surface area contributed by atoms with Crippen molar-refractivity contribution in [2.75, 3.05) is 11.6 Å². The second kappa shape index (κ2) is 6.36. The van der Waals surface area contributed by atoms with Gasteiger partial charge in [-0.15, -0.1) is 0 Å². The zero-order valence-electron chi connectivity index (χ0n) is 11.6. The Morgan fingerprint density at radius 3 is 2.82 bits per heavy atom. The lowest BCUT2D eigenvalue weighted by atomic mass is 10.1. The second-order valence-corrected chi connectivity index (χ2v) is 6.43. The number of amides is 2. The predicted octanol–water partition coefficient (Wildman–Crippen LogP) is -0.0860. The molecule has 10 heteroatoms. The van der Waals surface area contributed by atoms with E-state index in [0.29, 0.717) is 0 Å². The fourth-order valence-corrected chi connectivity index (χ4v) is 2.18. The minimum absolute atomic E-state index is 0.155. The van der Waals surface area contributed by atoms with E-state index in [9.17, 15) is 22.4 Å². The summed E-state index contributed by atoms with van der Waals surface area (Å²) >= 11 is 0. The van der Waals surface area contributed by atoms with E-state index in [2.05, 4.69) is 19.8 Å². The molecule has 1 saturated heterocycles. The summed E-state index contributed by atoms with van der Waals surface area (Å²) in [5, 5.41) is 4.75. The molecule has 120 valence electrons. The van der Waals surface area contributed by atoms with Gasteiger partial charge in [-0.3, -0.25) is 19.1 Å². The molecule has 2 amide bonds. The van der Waals surface area contributed by atoms with E-state index in [4.69, 9.17) is 0 Å². The highest BCUT2D eigenvalue weighted by Crippen LogP contribution is 2.17. The third-order valence-electron chi connectivity index (χ3n) is 2.89. The lowest BCUT2D eigenvalue weighted by Gasteiger charge is -2.22. The number of carbonyl (C=O) groups is 2. The van der Waals surface area contributed by atoms with Crippen molar-refractivity contribution in [2.45, 2.75) is 25.5 Å². The van der Waals surface area contributed by atoms with E-state index < -0.39 is 27.9 Å². The predicted molar refractivity (Wildman–Crippen MR) is 73.6 cm³/mol. The highest BCUT2D eigenvalue weighted by molar-refractivity contribution is 7.85. The number of nitrogens with zero attached hydrogens (tertiary/aromatic N) is 1. The van der Waals surface area contributed by atoms with Gasteiger partial charge in [0.15, 0.2) is 11.6 Å². The molecule has 0 aliphatic carbocycles. The SMILES string of the molecule is CS(=O)(=O)OCc1cnc(NC2CCC(=O)NC2=O)c(F)c1. The quantitative estimate of drug-likeness (QED) is 0.572. The molecule has 0 spiro atoms. The van der Waals surface area contributed by atoms with Crippen LogP contribution in [0.4, 0.5) is 10.2 Å². The number of halogens is 1. The third kappa shape index (κ3) is 4.46. The first kappa shape index (κ1) is 16.3. The zero-order valence-corrected chi connectivity index (χ0v) is 12.4. The van der Waals surface area contributed by atoms with Gasteiger partial charge in [0, 0.05) is 18.2 Å². The Balaban J connectivity index is 2.03. The van der Waals surface area contributed by atoms with E-state index in [0.717, 1.165) is 12.3 Å². The number of imide groups is 1. The van der Waals surface area contributed by atoms with Crippen LogP contribution in [0.3, 0.4) is 0 Å². The maximum atomic E-state index is 13.9. The van der Waals surface area contributed by atoms with Gasteiger partial charge in [0.25, 0.3) is 10.1 Å². The van der Waals surface area contributed by atoms with Gasteiger partial charge in [-0.05, 0) is 12.5 Å².